The van der Waals surface area contributed by atoms with Crippen molar-refractivity contribution in [2.75, 3.05) is 0 Å². The molecule has 240 valence electrons. The van der Waals surface area contributed by atoms with Gasteiger partial charge in [-0.3, -0.25) is 0 Å². The van der Waals surface area contributed by atoms with E-state index in [4.69, 9.17) is 19.4 Å². The number of fused-ring (bicyclic) bond motifs is 1. The predicted octanol–water partition coefficient (Wildman–Crippen LogP) is 9.43. The second kappa shape index (κ2) is 13.7. The van der Waals surface area contributed by atoms with Gasteiger partial charge in [0.05, 0.1) is 23.1 Å². The van der Waals surface area contributed by atoms with E-state index in [0.29, 0.717) is 12.3 Å². The fourth-order valence-electron chi connectivity index (χ4n) is 5.84. The Morgan fingerprint density at radius 2 is 1.60 bits per heavy atom. The van der Waals surface area contributed by atoms with E-state index >= 15 is 0 Å². The quantitative estimate of drug-likeness (QED) is 0.112. The van der Waals surface area contributed by atoms with Crippen LogP contribution in [0.5, 0.6) is 5.75 Å². The molecule has 4 aromatic carbocycles. The van der Waals surface area contributed by atoms with E-state index in [0.717, 1.165) is 76.2 Å². The molecule has 2 heterocycles. The highest BCUT2D eigenvalue weighted by Gasteiger charge is 2.20. The summed E-state index contributed by atoms with van der Waals surface area (Å²) < 4.78 is 15.5. The van der Waals surface area contributed by atoms with Crippen LogP contribution in [0.15, 0.2) is 104 Å². The molecule has 0 saturated carbocycles. The molecule has 0 aliphatic heterocycles. The average molecular weight is 627 g/mol. The Hall–Kier alpha value is -5.17. The van der Waals surface area contributed by atoms with Crippen LogP contribution in [-0.2, 0) is 30.7 Å². The van der Waals surface area contributed by atoms with Gasteiger partial charge in [0.2, 0.25) is 0 Å². The summed E-state index contributed by atoms with van der Waals surface area (Å²) in [5, 5.41) is 0. The second-order valence-corrected chi connectivity index (χ2v) is 13.0. The number of aromatic nitrogens is 4. The van der Waals surface area contributed by atoms with Gasteiger partial charge in [0.1, 0.15) is 17.2 Å². The van der Waals surface area contributed by atoms with Crippen LogP contribution < -0.4 is 4.74 Å². The fraction of sp³-hybridized carbons (Fsp3) is 0.275. The predicted molar refractivity (Wildman–Crippen MR) is 188 cm³/mol. The van der Waals surface area contributed by atoms with Crippen molar-refractivity contribution in [3.63, 3.8) is 0 Å². The number of carbonyl (C=O) groups is 1. The number of nitrogens with zero attached hydrogens (tertiary/aromatic N) is 4. The van der Waals surface area contributed by atoms with Crippen LogP contribution in [0.4, 0.5) is 4.79 Å². The summed E-state index contributed by atoms with van der Waals surface area (Å²) in [6, 6.07) is 30.9. The normalized spacial score (nSPS) is 11.6. The van der Waals surface area contributed by atoms with Crippen LogP contribution in [0.1, 0.15) is 56.6 Å². The van der Waals surface area contributed by atoms with Crippen molar-refractivity contribution in [2.24, 2.45) is 0 Å². The van der Waals surface area contributed by atoms with Gasteiger partial charge < -0.3 is 18.6 Å². The number of imidazole rings is 2. The topological polar surface area (TPSA) is 71.2 Å². The van der Waals surface area contributed by atoms with Crippen molar-refractivity contribution in [3.8, 4) is 28.1 Å². The van der Waals surface area contributed by atoms with E-state index in [2.05, 4.69) is 95.9 Å². The number of carbonyl (C=O) groups excluding carboxylic acids is 1. The molecule has 6 aromatic rings. The lowest BCUT2D eigenvalue weighted by atomic mass is 10.0. The van der Waals surface area contributed by atoms with E-state index in [9.17, 15) is 4.79 Å². The number of para-hydroxylation sites is 1. The summed E-state index contributed by atoms with van der Waals surface area (Å²) in [6.07, 6.45) is 6.21. The smallest absolute Gasteiger partial charge is 0.428 e. The fourth-order valence-corrected chi connectivity index (χ4v) is 5.84. The van der Waals surface area contributed by atoms with Gasteiger partial charge in [-0.05, 0) is 81.0 Å². The van der Waals surface area contributed by atoms with Gasteiger partial charge in [0.25, 0.3) is 0 Å². The molecule has 0 amide bonds. The highest BCUT2D eigenvalue weighted by Crippen LogP contribution is 2.32. The van der Waals surface area contributed by atoms with Crippen LogP contribution in [-0.4, -0.2) is 30.9 Å². The zero-order chi connectivity index (χ0) is 33.0. The van der Waals surface area contributed by atoms with Crippen molar-refractivity contribution < 1.29 is 14.3 Å². The summed E-state index contributed by atoms with van der Waals surface area (Å²) in [5.74, 6) is 1.54. The number of aryl methyl sites for hydroxylation is 4. The molecule has 0 atom stereocenters. The van der Waals surface area contributed by atoms with Crippen molar-refractivity contribution in [1.82, 2.24) is 19.1 Å². The molecule has 0 aliphatic carbocycles. The molecule has 47 heavy (non-hydrogen) atoms. The highest BCUT2D eigenvalue weighted by molar-refractivity contribution is 5.85. The third kappa shape index (κ3) is 7.63. The molecule has 0 aliphatic rings. The first-order valence-electron chi connectivity index (χ1n) is 16.3. The first-order chi connectivity index (χ1) is 22.7. The Balaban J connectivity index is 1.26. The van der Waals surface area contributed by atoms with E-state index in [-0.39, 0.29) is 0 Å². The van der Waals surface area contributed by atoms with Crippen LogP contribution in [0.25, 0.3) is 33.4 Å². The summed E-state index contributed by atoms with van der Waals surface area (Å²) in [4.78, 5) is 22.3. The lowest BCUT2D eigenvalue weighted by molar-refractivity contribution is 0.0207. The highest BCUT2D eigenvalue weighted by atomic mass is 16.7. The number of benzene rings is 4. The lowest BCUT2D eigenvalue weighted by Crippen LogP contribution is -2.26. The van der Waals surface area contributed by atoms with Gasteiger partial charge in [0, 0.05) is 36.8 Å². The Labute approximate surface area is 276 Å². The van der Waals surface area contributed by atoms with E-state index in [1.807, 2.05) is 45.3 Å². The minimum Gasteiger partial charge on any atom is -0.428 e. The largest absolute Gasteiger partial charge is 0.514 e. The summed E-state index contributed by atoms with van der Waals surface area (Å²) in [7, 11) is 0. The lowest BCUT2D eigenvalue weighted by Gasteiger charge is -2.19. The second-order valence-electron chi connectivity index (χ2n) is 13.0. The molecule has 6 rings (SSSR count). The number of rotatable bonds is 10. The van der Waals surface area contributed by atoms with Crippen molar-refractivity contribution in [1.29, 1.82) is 0 Å². The minimum atomic E-state index is -0.717. The van der Waals surface area contributed by atoms with E-state index in [1.165, 1.54) is 5.56 Å². The van der Waals surface area contributed by atoms with Crippen molar-refractivity contribution in [3.05, 3.63) is 126 Å². The monoisotopic (exact) mass is 626 g/mol. The van der Waals surface area contributed by atoms with Gasteiger partial charge in [-0.1, -0.05) is 79.7 Å². The third-order valence-electron chi connectivity index (χ3n) is 8.10. The molecular formula is C40H42N4O3. The Bertz CT molecular complexity index is 1980. The van der Waals surface area contributed by atoms with E-state index < -0.39 is 11.8 Å². The molecule has 0 N–H and O–H groups in total. The molecular weight excluding hydrogens is 584 g/mol. The van der Waals surface area contributed by atoms with Gasteiger partial charge in [-0.2, -0.15) is 0 Å². The first kappa shape index (κ1) is 31.8. The molecule has 0 fully saturated rings. The van der Waals surface area contributed by atoms with Gasteiger partial charge in [0.15, 0.2) is 0 Å². The van der Waals surface area contributed by atoms with Crippen molar-refractivity contribution in [2.45, 2.75) is 72.6 Å². The maximum Gasteiger partial charge on any atom is 0.514 e. The summed E-state index contributed by atoms with van der Waals surface area (Å²) >= 11 is 0. The molecule has 0 spiro atoms. The average Bonchev–Trinajstić information content (AvgIpc) is 3.66. The molecule has 0 radical (unpaired) electrons. The molecule has 0 unspecified atom stereocenters. The zero-order valence-corrected chi connectivity index (χ0v) is 27.9. The molecule has 0 saturated heterocycles. The van der Waals surface area contributed by atoms with Crippen LogP contribution >= 0.6 is 0 Å². The minimum absolute atomic E-state index is 0.464. The van der Waals surface area contributed by atoms with Crippen molar-refractivity contribution >= 4 is 17.2 Å². The van der Waals surface area contributed by atoms with Crippen LogP contribution in [0.3, 0.4) is 0 Å². The maximum atomic E-state index is 12.4. The zero-order valence-electron chi connectivity index (χ0n) is 27.9. The first-order valence-corrected chi connectivity index (χ1v) is 16.3. The maximum absolute atomic E-state index is 12.4. The number of hydrogen-bond donors (Lipinski definition) is 0. The van der Waals surface area contributed by atoms with Gasteiger partial charge in [-0.15, -0.1) is 0 Å². The Morgan fingerprint density at radius 1 is 0.851 bits per heavy atom. The van der Waals surface area contributed by atoms with E-state index in [1.54, 1.807) is 6.07 Å². The SMILES string of the molecule is CCCc1nc2c(C)cc(-c3cn(CCc4ccccc4)cn3)cc2n1Cc1ccc(-c2ccccc2OC(=O)OC(C)(C)C)cc1. The number of hydrogen-bond acceptors (Lipinski definition) is 5. The van der Waals surface area contributed by atoms with Gasteiger partial charge in [-0.25, -0.2) is 14.8 Å². The summed E-state index contributed by atoms with van der Waals surface area (Å²) in [5.41, 5.74) is 8.97. The molecule has 2 aromatic heterocycles. The summed E-state index contributed by atoms with van der Waals surface area (Å²) in [6.45, 7) is 11.3. The number of ether oxygens (including phenoxy) is 2. The third-order valence-corrected chi connectivity index (χ3v) is 8.10. The Morgan fingerprint density at radius 3 is 2.34 bits per heavy atom. The Kier molecular flexibility index (Phi) is 9.25. The standard InChI is InChI=1S/C40H42N4O3/c1-6-12-37-42-38-28(2)23-32(34-26-43(27-41-34)22-21-29-13-8-7-9-14-29)24-35(38)44(37)25-30-17-19-31(20-18-30)33-15-10-11-16-36(33)46-39(45)47-40(3,4)5/h7-11,13-20,23-24,26-27H,6,12,21-22,25H2,1-5H3. The molecule has 0 bridgehead atoms. The van der Waals surface area contributed by atoms with Gasteiger partial charge >= 0.3 is 6.16 Å². The molecule has 7 heteroatoms. The molecule has 7 nitrogen and oxygen atoms in total. The van der Waals surface area contributed by atoms with Crippen LogP contribution in [0.2, 0.25) is 0 Å². The van der Waals surface area contributed by atoms with Crippen LogP contribution in [0, 0.1) is 6.92 Å².